The third kappa shape index (κ3) is 2.96. The van der Waals surface area contributed by atoms with Crippen molar-refractivity contribution < 1.29 is 9.21 Å². The Morgan fingerprint density at radius 1 is 1.41 bits per heavy atom. The smallest absolute Gasteiger partial charge is 0.295 e. The summed E-state index contributed by atoms with van der Waals surface area (Å²) in [6.07, 6.45) is 0.409. The predicted molar refractivity (Wildman–Crippen MR) is 65.8 cm³/mol. The Morgan fingerprint density at radius 2 is 2.24 bits per heavy atom. The van der Waals surface area contributed by atoms with Gasteiger partial charge in [0.05, 0.1) is 0 Å². The van der Waals surface area contributed by atoms with Gasteiger partial charge in [0.1, 0.15) is 5.52 Å². The molecule has 2 rings (SSSR count). The molecule has 1 amide bonds. The second-order valence-corrected chi connectivity index (χ2v) is 3.62. The van der Waals surface area contributed by atoms with Crippen LogP contribution in [0.25, 0.3) is 11.1 Å². The van der Waals surface area contributed by atoms with Gasteiger partial charge in [-0.2, -0.15) is 4.98 Å². The zero-order valence-corrected chi connectivity index (χ0v) is 9.69. The minimum absolute atomic E-state index is 0.0242. The lowest BCUT2D eigenvalue weighted by molar-refractivity contribution is -0.120. The molecule has 1 aromatic heterocycles. The van der Waals surface area contributed by atoms with Gasteiger partial charge in [-0.25, -0.2) is 0 Å². The first-order valence-electron chi connectivity index (χ1n) is 5.65. The van der Waals surface area contributed by atoms with E-state index in [9.17, 15) is 4.79 Å². The van der Waals surface area contributed by atoms with Crippen LogP contribution in [0.4, 0.5) is 6.01 Å². The van der Waals surface area contributed by atoms with Gasteiger partial charge < -0.3 is 15.1 Å². The summed E-state index contributed by atoms with van der Waals surface area (Å²) in [6.45, 7) is 3.06. The number of oxazole rings is 1. The quantitative estimate of drug-likeness (QED) is 0.825. The molecule has 1 heterocycles. The van der Waals surface area contributed by atoms with Crippen molar-refractivity contribution in [1.82, 2.24) is 10.3 Å². The predicted octanol–water partition coefficient (Wildman–Crippen LogP) is 1.77. The first-order valence-corrected chi connectivity index (χ1v) is 5.65. The van der Waals surface area contributed by atoms with Crippen LogP contribution in [0.2, 0.25) is 0 Å². The van der Waals surface area contributed by atoms with Crippen molar-refractivity contribution in [2.45, 2.75) is 13.3 Å². The third-order valence-electron chi connectivity index (χ3n) is 2.30. The van der Waals surface area contributed by atoms with Crippen molar-refractivity contribution in [2.24, 2.45) is 0 Å². The van der Waals surface area contributed by atoms with Crippen LogP contribution in [-0.4, -0.2) is 24.0 Å². The molecule has 0 aliphatic rings. The van der Waals surface area contributed by atoms with Crippen LogP contribution in [0.1, 0.15) is 13.3 Å². The van der Waals surface area contributed by atoms with Crippen LogP contribution in [0.15, 0.2) is 28.7 Å². The lowest BCUT2D eigenvalue weighted by atomic mass is 10.3. The summed E-state index contributed by atoms with van der Waals surface area (Å²) in [6, 6.07) is 8.00. The van der Waals surface area contributed by atoms with Crippen LogP contribution < -0.4 is 10.6 Å². The summed E-state index contributed by atoms with van der Waals surface area (Å²) in [7, 11) is 0. The number of amides is 1. The van der Waals surface area contributed by atoms with Gasteiger partial charge in [0.15, 0.2) is 5.58 Å². The number of para-hydroxylation sites is 2. The van der Waals surface area contributed by atoms with Gasteiger partial charge in [-0.3, -0.25) is 4.79 Å². The fourth-order valence-electron chi connectivity index (χ4n) is 1.52. The minimum atomic E-state index is 0.0242. The molecular weight excluding hydrogens is 218 g/mol. The fraction of sp³-hybridized carbons (Fsp3) is 0.333. The number of fused-ring (bicyclic) bond motifs is 1. The molecular formula is C12H15N3O2. The van der Waals surface area contributed by atoms with E-state index < -0.39 is 0 Å². The standard InChI is InChI=1S/C12H15N3O2/c1-2-13-11(16)7-8-14-12-15-9-5-3-4-6-10(9)17-12/h3-6H,2,7-8H2,1H3,(H,13,16)(H,14,15). The van der Waals surface area contributed by atoms with Gasteiger partial charge in [0, 0.05) is 19.5 Å². The summed E-state index contributed by atoms with van der Waals surface area (Å²) in [4.78, 5) is 15.4. The normalized spacial score (nSPS) is 10.4. The Morgan fingerprint density at radius 3 is 3.00 bits per heavy atom. The van der Waals surface area contributed by atoms with Crippen LogP contribution in [0, 0.1) is 0 Å². The lowest BCUT2D eigenvalue weighted by Crippen LogP contribution is -2.24. The van der Waals surface area contributed by atoms with Crippen LogP contribution in [0.5, 0.6) is 0 Å². The largest absolute Gasteiger partial charge is 0.424 e. The maximum atomic E-state index is 11.2. The van der Waals surface area contributed by atoms with Gasteiger partial charge in [-0.15, -0.1) is 0 Å². The van der Waals surface area contributed by atoms with E-state index in [0.717, 1.165) is 11.1 Å². The topological polar surface area (TPSA) is 67.2 Å². The van der Waals surface area contributed by atoms with Gasteiger partial charge >= 0.3 is 0 Å². The maximum absolute atomic E-state index is 11.2. The van der Waals surface area contributed by atoms with Gasteiger partial charge in [-0.05, 0) is 19.1 Å². The molecule has 0 aliphatic carbocycles. The van der Waals surface area contributed by atoms with E-state index in [-0.39, 0.29) is 5.91 Å². The van der Waals surface area contributed by atoms with E-state index in [0.29, 0.717) is 25.5 Å². The number of carbonyl (C=O) groups excluding carboxylic acids is 1. The van der Waals surface area contributed by atoms with Crippen molar-refractivity contribution in [1.29, 1.82) is 0 Å². The zero-order valence-electron chi connectivity index (χ0n) is 9.69. The molecule has 0 fully saturated rings. The Balaban J connectivity index is 1.89. The van der Waals surface area contributed by atoms with E-state index in [1.165, 1.54) is 0 Å². The van der Waals surface area contributed by atoms with E-state index >= 15 is 0 Å². The summed E-state index contributed by atoms with van der Waals surface area (Å²) < 4.78 is 5.46. The van der Waals surface area contributed by atoms with E-state index in [1.807, 2.05) is 31.2 Å². The van der Waals surface area contributed by atoms with Crippen molar-refractivity contribution in [3.8, 4) is 0 Å². The number of hydrogen-bond acceptors (Lipinski definition) is 4. The molecule has 0 saturated heterocycles. The van der Waals surface area contributed by atoms with E-state index in [2.05, 4.69) is 15.6 Å². The number of hydrogen-bond donors (Lipinski definition) is 2. The SMILES string of the molecule is CCNC(=O)CCNc1nc2ccccc2o1. The highest BCUT2D eigenvalue weighted by Gasteiger charge is 2.04. The number of aromatic nitrogens is 1. The molecule has 17 heavy (non-hydrogen) atoms. The molecule has 5 heteroatoms. The second-order valence-electron chi connectivity index (χ2n) is 3.62. The number of rotatable bonds is 5. The highest BCUT2D eigenvalue weighted by atomic mass is 16.4. The van der Waals surface area contributed by atoms with Crippen LogP contribution >= 0.6 is 0 Å². The fourth-order valence-corrected chi connectivity index (χ4v) is 1.52. The highest BCUT2D eigenvalue weighted by Crippen LogP contribution is 2.17. The summed E-state index contributed by atoms with van der Waals surface area (Å²) in [5.74, 6) is 0.0242. The Hall–Kier alpha value is -2.04. The van der Waals surface area contributed by atoms with Crippen molar-refractivity contribution >= 4 is 23.0 Å². The average molecular weight is 233 g/mol. The number of nitrogens with zero attached hydrogens (tertiary/aromatic N) is 1. The first-order chi connectivity index (χ1) is 8.29. The first kappa shape index (κ1) is 11.4. The molecule has 0 atom stereocenters. The Labute approximate surface area is 99.2 Å². The number of benzene rings is 1. The van der Waals surface area contributed by atoms with Crippen molar-refractivity contribution in [3.05, 3.63) is 24.3 Å². The minimum Gasteiger partial charge on any atom is -0.424 e. The maximum Gasteiger partial charge on any atom is 0.295 e. The van der Waals surface area contributed by atoms with Gasteiger partial charge in [-0.1, -0.05) is 12.1 Å². The summed E-state index contributed by atoms with van der Waals surface area (Å²) in [5.41, 5.74) is 1.56. The Kier molecular flexibility index (Phi) is 3.59. The molecule has 2 aromatic rings. The molecule has 1 aromatic carbocycles. The Bertz CT molecular complexity index is 474. The summed E-state index contributed by atoms with van der Waals surface area (Å²) >= 11 is 0. The number of anilines is 1. The summed E-state index contributed by atoms with van der Waals surface area (Å²) in [5, 5.41) is 5.71. The molecule has 2 N–H and O–H groups in total. The van der Waals surface area contributed by atoms with E-state index in [4.69, 9.17) is 4.42 Å². The average Bonchev–Trinajstić information content (AvgIpc) is 2.71. The van der Waals surface area contributed by atoms with Crippen molar-refractivity contribution in [2.75, 3.05) is 18.4 Å². The van der Waals surface area contributed by atoms with Crippen LogP contribution in [0.3, 0.4) is 0 Å². The lowest BCUT2D eigenvalue weighted by Gasteiger charge is -2.01. The number of carbonyl (C=O) groups is 1. The molecule has 0 spiro atoms. The monoisotopic (exact) mass is 233 g/mol. The third-order valence-corrected chi connectivity index (χ3v) is 2.30. The molecule has 0 saturated carbocycles. The molecule has 0 radical (unpaired) electrons. The zero-order chi connectivity index (χ0) is 12.1. The number of nitrogens with one attached hydrogen (secondary N) is 2. The second kappa shape index (κ2) is 5.34. The molecule has 0 unspecified atom stereocenters. The molecule has 90 valence electrons. The highest BCUT2D eigenvalue weighted by molar-refractivity contribution is 5.76. The van der Waals surface area contributed by atoms with Crippen molar-refractivity contribution in [3.63, 3.8) is 0 Å². The molecule has 0 aliphatic heterocycles. The van der Waals surface area contributed by atoms with Crippen LogP contribution in [-0.2, 0) is 4.79 Å². The molecule has 0 bridgehead atoms. The van der Waals surface area contributed by atoms with Gasteiger partial charge in [0.2, 0.25) is 5.91 Å². The van der Waals surface area contributed by atoms with Gasteiger partial charge in [0.25, 0.3) is 6.01 Å². The molecule has 5 nitrogen and oxygen atoms in total. The van der Waals surface area contributed by atoms with E-state index in [1.54, 1.807) is 0 Å².